The fraction of sp³-hybridized carbons (Fsp3) is 0.476. The molecule has 152 valence electrons. The summed E-state index contributed by atoms with van der Waals surface area (Å²) in [7, 11) is 0. The number of aromatic nitrogens is 1. The molecule has 5 rings (SSSR count). The summed E-state index contributed by atoms with van der Waals surface area (Å²) < 4.78 is 17.5. The summed E-state index contributed by atoms with van der Waals surface area (Å²) >= 11 is 0. The number of halogens is 1. The highest BCUT2D eigenvalue weighted by Crippen LogP contribution is 2.54. The van der Waals surface area contributed by atoms with Gasteiger partial charge in [0.15, 0.2) is 5.82 Å². The molecule has 2 saturated carbocycles. The number of fused-ring (bicyclic) bond motifs is 1. The monoisotopic (exact) mass is 398 g/mol. The molecule has 2 aromatic rings. The summed E-state index contributed by atoms with van der Waals surface area (Å²) in [4.78, 5) is 30.4. The van der Waals surface area contributed by atoms with Gasteiger partial charge in [0.25, 0.3) is 0 Å². The molecular weight excluding hydrogens is 375 g/mol. The first-order valence-electron chi connectivity index (χ1n) is 9.90. The van der Waals surface area contributed by atoms with Gasteiger partial charge in [0.1, 0.15) is 11.3 Å². The van der Waals surface area contributed by atoms with Crippen molar-refractivity contribution in [2.45, 2.75) is 44.7 Å². The molecule has 1 aromatic carbocycles. The highest BCUT2D eigenvalue weighted by atomic mass is 19.1. The number of anilines is 1. The molecule has 8 heteroatoms. The number of carboxylic acids is 1. The summed E-state index contributed by atoms with van der Waals surface area (Å²) in [6.45, 7) is 6.48. The van der Waals surface area contributed by atoms with Crippen LogP contribution in [0.5, 0.6) is 0 Å². The predicted molar refractivity (Wildman–Crippen MR) is 109 cm³/mol. The third kappa shape index (κ3) is 2.48. The van der Waals surface area contributed by atoms with E-state index in [1.165, 1.54) is 6.20 Å². The van der Waals surface area contributed by atoms with E-state index in [2.05, 4.69) is 11.7 Å². The maximum absolute atomic E-state index is 15.7. The first-order valence-corrected chi connectivity index (χ1v) is 9.90. The van der Waals surface area contributed by atoms with Crippen LogP contribution in [0.1, 0.15) is 47.6 Å². The van der Waals surface area contributed by atoms with E-state index in [0.29, 0.717) is 29.9 Å². The molecule has 1 saturated heterocycles. The van der Waals surface area contributed by atoms with Crippen LogP contribution in [0.4, 0.5) is 15.8 Å². The molecule has 2 aliphatic carbocycles. The van der Waals surface area contributed by atoms with Crippen molar-refractivity contribution < 1.29 is 14.3 Å². The van der Waals surface area contributed by atoms with Gasteiger partial charge in [-0.15, -0.1) is 0 Å². The van der Waals surface area contributed by atoms with E-state index < -0.39 is 17.2 Å². The van der Waals surface area contributed by atoms with E-state index in [-0.39, 0.29) is 34.1 Å². The fourth-order valence-electron chi connectivity index (χ4n) is 4.90. The number of aliphatic imine (C=N–C) groups is 1. The Morgan fingerprint density at radius 1 is 1.41 bits per heavy atom. The van der Waals surface area contributed by atoms with E-state index in [9.17, 15) is 14.7 Å². The molecule has 1 aliphatic heterocycles. The quantitative estimate of drug-likeness (QED) is 0.772. The largest absolute Gasteiger partial charge is 0.477 e. The smallest absolute Gasteiger partial charge is 0.341 e. The zero-order chi connectivity index (χ0) is 20.7. The van der Waals surface area contributed by atoms with Crippen molar-refractivity contribution in [2.24, 2.45) is 16.1 Å². The minimum atomic E-state index is -1.33. The van der Waals surface area contributed by atoms with Crippen LogP contribution in [0.25, 0.3) is 10.9 Å². The highest BCUT2D eigenvalue weighted by Gasteiger charge is 2.54. The third-order valence-corrected chi connectivity index (χ3v) is 6.84. The molecule has 3 N–H and O–H groups in total. The van der Waals surface area contributed by atoms with E-state index >= 15 is 4.39 Å². The van der Waals surface area contributed by atoms with Gasteiger partial charge >= 0.3 is 5.97 Å². The number of hydrogen-bond donors (Lipinski definition) is 2. The number of aryl methyl sites for hydroxylation is 1. The zero-order valence-electron chi connectivity index (χ0n) is 16.2. The Hall–Kier alpha value is -2.74. The molecule has 2 heterocycles. The molecule has 7 nitrogen and oxygen atoms in total. The molecule has 0 bridgehead atoms. The standard InChI is InChI=1S/C21H23FN4O3/c1-10-17-14(19(27)12(20(28)29)7-26(17)11-3-4-11)16(24-2)15(22)18(10)25-8-13(23)21(9-25)5-6-21/h7,11,13H,2-6,8-9,23H2,1H3,(H,28,29)/t13-/m1/s1. The minimum Gasteiger partial charge on any atom is -0.477 e. The first kappa shape index (κ1) is 18.3. The molecule has 3 aliphatic rings. The normalized spacial score (nSPS) is 22.4. The van der Waals surface area contributed by atoms with Crippen LogP contribution in [0.2, 0.25) is 0 Å². The van der Waals surface area contributed by atoms with Crippen molar-refractivity contribution in [3.8, 4) is 0 Å². The molecule has 0 radical (unpaired) electrons. The van der Waals surface area contributed by atoms with Gasteiger partial charge in [-0.1, -0.05) is 0 Å². The number of benzene rings is 1. The Bertz CT molecular complexity index is 1150. The summed E-state index contributed by atoms with van der Waals surface area (Å²) in [5.41, 5.74) is 6.68. The van der Waals surface area contributed by atoms with Crippen LogP contribution in [-0.4, -0.2) is 41.5 Å². The molecule has 3 fully saturated rings. The Balaban J connectivity index is 1.84. The van der Waals surface area contributed by atoms with Gasteiger partial charge in [-0.3, -0.25) is 9.79 Å². The van der Waals surface area contributed by atoms with Crippen LogP contribution < -0.4 is 16.1 Å². The number of aromatic carboxylic acids is 1. The van der Waals surface area contributed by atoms with Crippen LogP contribution >= 0.6 is 0 Å². The molecule has 1 spiro atoms. The fourth-order valence-corrected chi connectivity index (χ4v) is 4.90. The Morgan fingerprint density at radius 2 is 2.10 bits per heavy atom. The molecular formula is C21H23FN4O3. The second kappa shape index (κ2) is 5.89. The predicted octanol–water partition coefficient (Wildman–Crippen LogP) is 2.74. The molecule has 1 aromatic heterocycles. The first-order chi connectivity index (χ1) is 13.8. The highest BCUT2D eigenvalue weighted by molar-refractivity contribution is 6.01. The van der Waals surface area contributed by atoms with E-state index in [0.717, 1.165) is 25.7 Å². The lowest BCUT2D eigenvalue weighted by atomic mass is 10.0. The number of nitrogens with two attached hydrogens (primary N) is 1. The molecule has 29 heavy (non-hydrogen) atoms. The number of nitrogens with zero attached hydrogens (tertiary/aromatic N) is 3. The van der Waals surface area contributed by atoms with Crippen LogP contribution in [0, 0.1) is 18.2 Å². The van der Waals surface area contributed by atoms with Gasteiger partial charge in [0, 0.05) is 36.8 Å². The summed E-state index contributed by atoms with van der Waals surface area (Å²) in [5, 5.41) is 9.49. The van der Waals surface area contributed by atoms with E-state index in [1.54, 1.807) is 6.92 Å². The average Bonchev–Trinajstić information content (AvgIpc) is 3.56. The maximum Gasteiger partial charge on any atom is 0.341 e. The summed E-state index contributed by atoms with van der Waals surface area (Å²) in [6, 6.07) is 0.0821. The molecule has 0 amide bonds. The van der Waals surface area contributed by atoms with Gasteiger partial charge in [0.05, 0.1) is 16.6 Å². The van der Waals surface area contributed by atoms with Crippen molar-refractivity contribution >= 4 is 35.0 Å². The van der Waals surface area contributed by atoms with Gasteiger partial charge in [-0.25, -0.2) is 9.18 Å². The van der Waals surface area contributed by atoms with Crippen molar-refractivity contribution in [1.82, 2.24) is 4.57 Å². The number of carboxylic acid groups (broad SMARTS) is 1. The molecule has 1 atom stereocenters. The number of carbonyl (C=O) groups is 1. The zero-order valence-corrected chi connectivity index (χ0v) is 16.2. The number of rotatable bonds is 4. The second-order valence-corrected chi connectivity index (χ2v) is 8.68. The number of hydrogen-bond acceptors (Lipinski definition) is 5. The Morgan fingerprint density at radius 3 is 2.62 bits per heavy atom. The van der Waals surface area contributed by atoms with E-state index in [1.807, 2.05) is 9.47 Å². The van der Waals surface area contributed by atoms with Gasteiger partial charge in [-0.2, -0.15) is 0 Å². The van der Waals surface area contributed by atoms with Crippen LogP contribution in [0.3, 0.4) is 0 Å². The maximum atomic E-state index is 15.7. The van der Waals surface area contributed by atoms with E-state index in [4.69, 9.17) is 5.73 Å². The van der Waals surface area contributed by atoms with Crippen molar-refractivity contribution in [3.63, 3.8) is 0 Å². The average molecular weight is 398 g/mol. The van der Waals surface area contributed by atoms with Crippen molar-refractivity contribution in [2.75, 3.05) is 18.0 Å². The Labute approximate surface area is 166 Å². The SMILES string of the molecule is C=Nc1c(F)c(N2C[C@@H](N)C3(CC3)C2)c(C)c2c1c(=O)c(C(=O)O)cn2C1CC1. The Kier molecular flexibility index (Phi) is 3.71. The molecule has 0 unspecified atom stereocenters. The summed E-state index contributed by atoms with van der Waals surface area (Å²) in [6.07, 6.45) is 5.25. The van der Waals surface area contributed by atoms with Crippen molar-refractivity contribution in [3.05, 3.63) is 33.4 Å². The number of pyridine rings is 1. The van der Waals surface area contributed by atoms with Crippen LogP contribution in [-0.2, 0) is 0 Å². The van der Waals surface area contributed by atoms with Crippen molar-refractivity contribution in [1.29, 1.82) is 0 Å². The van der Waals surface area contributed by atoms with Crippen LogP contribution in [0.15, 0.2) is 16.0 Å². The van der Waals surface area contributed by atoms with Gasteiger partial charge < -0.3 is 20.3 Å². The lowest BCUT2D eigenvalue weighted by Gasteiger charge is -2.25. The summed E-state index contributed by atoms with van der Waals surface area (Å²) in [5.74, 6) is -1.96. The third-order valence-electron chi connectivity index (χ3n) is 6.84. The lowest BCUT2D eigenvalue weighted by Crippen LogP contribution is -2.30. The van der Waals surface area contributed by atoms with Gasteiger partial charge in [-0.05, 0) is 44.9 Å². The lowest BCUT2D eigenvalue weighted by molar-refractivity contribution is 0.0695. The minimum absolute atomic E-state index is 0.00446. The van der Waals surface area contributed by atoms with Gasteiger partial charge in [0.2, 0.25) is 5.43 Å². The second-order valence-electron chi connectivity index (χ2n) is 8.68. The topological polar surface area (TPSA) is 101 Å².